The molecule has 0 bridgehead atoms. The van der Waals surface area contributed by atoms with Gasteiger partial charge in [0.05, 0.1) is 0 Å². The van der Waals surface area contributed by atoms with Gasteiger partial charge < -0.3 is 0 Å². The second-order valence-corrected chi connectivity index (χ2v) is 6.75. The van der Waals surface area contributed by atoms with Gasteiger partial charge in [0.2, 0.25) is 0 Å². The van der Waals surface area contributed by atoms with Gasteiger partial charge in [-0.15, -0.1) is 0 Å². The molecule has 0 unspecified atom stereocenters. The zero-order valence-corrected chi connectivity index (χ0v) is 14.1. The molecular weight excluding hydrogens is 232 g/mol. The number of hydrogen-bond donors (Lipinski definition) is 0. The van der Waals surface area contributed by atoms with E-state index in [0.717, 1.165) is 0 Å². The first-order chi connectivity index (χ1) is 8.63. The quantitative estimate of drug-likeness (QED) is 0.718. The van der Waals surface area contributed by atoms with E-state index < -0.39 is 0 Å². The van der Waals surface area contributed by atoms with Gasteiger partial charge in [0, 0.05) is 10.2 Å². The van der Waals surface area contributed by atoms with Gasteiger partial charge in [-0.2, -0.15) is 0 Å². The SMILES string of the molecule is CCCCc1ccc(C2=C(C)CC([SiH3])=C2C)cc1. The van der Waals surface area contributed by atoms with E-state index >= 15 is 0 Å². The van der Waals surface area contributed by atoms with Gasteiger partial charge in [-0.3, -0.25) is 0 Å². The Morgan fingerprint density at radius 3 is 2.28 bits per heavy atom. The Labute approximate surface area is 114 Å². The van der Waals surface area contributed by atoms with Crippen molar-refractivity contribution in [1.29, 1.82) is 0 Å². The summed E-state index contributed by atoms with van der Waals surface area (Å²) in [6.45, 7) is 6.83. The summed E-state index contributed by atoms with van der Waals surface area (Å²) < 4.78 is 0. The van der Waals surface area contributed by atoms with Crippen molar-refractivity contribution >= 4 is 15.8 Å². The molecule has 96 valence electrons. The molecule has 0 aliphatic heterocycles. The van der Waals surface area contributed by atoms with Gasteiger partial charge in [-0.05, 0) is 55.4 Å². The van der Waals surface area contributed by atoms with E-state index in [0.29, 0.717) is 0 Å². The molecule has 0 heterocycles. The largest absolute Gasteiger partial charge is 0.0843 e. The standard InChI is InChI=1S/C17H24Si/c1-4-5-6-14-7-9-15(10-8-14)17-12(2)11-16(18)13(17)3/h7-10H,4-6,11H2,1-3,18H3. The molecule has 0 spiro atoms. The molecule has 0 aromatic heterocycles. The number of aryl methyl sites for hydroxylation is 1. The molecule has 0 radical (unpaired) electrons. The lowest BCUT2D eigenvalue weighted by atomic mass is 9.97. The molecule has 0 nitrogen and oxygen atoms in total. The minimum atomic E-state index is 1.20. The Bertz CT molecular complexity index is 489. The van der Waals surface area contributed by atoms with Crippen molar-refractivity contribution in [3.63, 3.8) is 0 Å². The number of unbranched alkanes of at least 4 members (excludes halogenated alkanes) is 1. The van der Waals surface area contributed by atoms with Crippen LogP contribution < -0.4 is 0 Å². The van der Waals surface area contributed by atoms with E-state index in [1.165, 1.54) is 52.6 Å². The molecular formula is C17H24Si. The first-order valence-corrected chi connectivity index (χ1v) is 8.09. The van der Waals surface area contributed by atoms with Crippen molar-refractivity contribution in [2.75, 3.05) is 0 Å². The third kappa shape index (κ3) is 2.67. The monoisotopic (exact) mass is 256 g/mol. The van der Waals surface area contributed by atoms with Crippen LogP contribution in [0.25, 0.3) is 5.57 Å². The first kappa shape index (κ1) is 13.4. The van der Waals surface area contributed by atoms with E-state index in [9.17, 15) is 0 Å². The Kier molecular flexibility index (Phi) is 4.23. The molecule has 1 aliphatic carbocycles. The van der Waals surface area contributed by atoms with Crippen LogP contribution in [0.4, 0.5) is 0 Å². The van der Waals surface area contributed by atoms with Crippen molar-refractivity contribution in [3.8, 4) is 0 Å². The lowest BCUT2D eigenvalue weighted by Crippen LogP contribution is -1.89. The molecule has 0 saturated heterocycles. The number of rotatable bonds is 4. The van der Waals surface area contributed by atoms with Crippen molar-refractivity contribution in [1.82, 2.24) is 0 Å². The minimum absolute atomic E-state index is 1.20. The Morgan fingerprint density at radius 1 is 1.11 bits per heavy atom. The third-order valence-corrected chi connectivity index (χ3v) is 5.14. The fourth-order valence-electron chi connectivity index (χ4n) is 2.83. The average Bonchev–Trinajstić information content (AvgIpc) is 2.62. The predicted octanol–water partition coefficient (Wildman–Crippen LogP) is 3.85. The lowest BCUT2D eigenvalue weighted by molar-refractivity contribution is 0.795. The molecule has 0 N–H and O–H groups in total. The molecule has 1 aromatic carbocycles. The fourth-order valence-corrected chi connectivity index (χ4v) is 3.61. The van der Waals surface area contributed by atoms with Crippen molar-refractivity contribution in [2.24, 2.45) is 0 Å². The van der Waals surface area contributed by atoms with Gasteiger partial charge >= 0.3 is 0 Å². The molecule has 1 aliphatic rings. The van der Waals surface area contributed by atoms with Crippen LogP contribution >= 0.6 is 0 Å². The van der Waals surface area contributed by atoms with E-state index in [-0.39, 0.29) is 0 Å². The highest BCUT2D eigenvalue weighted by molar-refractivity contribution is 6.24. The Hall–Kier alpha value is -1.08. The highest BCUT2D eigenvalue weighted by Crippen LogP contribution is 2.37. The van der Waals surface area contributed by atoms with Gasteiger partial charge in [-0.1, -0.05) is 48.4 Å². The molecule has 0 fully saturated rings. The normalized spacial score (nSPS) is 15.9. The Morgan fingerprint density at radius 2 is 1.78 bits per heavy atom. The molecule has 0 amide bonds. The van der Waals surface area contributed by atoms with E-state index in [1.807, 2.05) is 0 Å². The van der Waals surface area contributed by atoms with Gasteiger partial charge in [-0.25, -0.2) is 0 Å². The van der Waals surface area contributed by atoms with Crippen LogP contribution in [0.2, 0.25) is 0 Å². The second-order valence-electron chi connectivity index (χ2n) is 5.54. The van der Waals surface area contributed by atoms with E-state index in [1.54, 1.807) is 16.3 Å². The predicted molar refractivity (Wildman–Crippen MR) is 84.9 cm³/mol. The van der Waals surface area contributed by atoms with Gasteiger partial charge in [0.25, 0.3) is 0 Å². The molecule has 1 aromatic rings. The maximum absolute atomic E-state index is 2.31. The van der Waals surface area contributed by atoms with Crippen LogP contribution in [-0.4, -0.2) is 10.2 Å². The van der Waals surface area contributed by atoms with E-state index in [2.05, 4.69) is 45.0 Å². The summed E-state index contributed by atoms with van der Waals surface area (Å²) in [7, 11) is 1.20. The highest BCUT2D eigenvalue weighted by Gasteiger charge is 2.16. The number of allylic oxidation sites excluding steroid dienone is 4. The molecule has 0 atom stereocenters. The van der Waals surface area contributed by atoms with Crippen LogP contribution in [0, 0.1) is 0 Å². The summed E-state index contributed by atoms with van der Waals surface area (Å²) in [4.78, 5) is 0. The molecule has 2 rings (SSSR count). The number of hydrogen-bond acceptors (Lipinski definition) is 0. The molecule has 0 saturated carbocycles. The van der Waals surface area contributed by atoms with Crippen LogP contribution in [0.3, 0.4) is 0 Å². The van der Waals surface area contributed by atoms with Crippen LogP contribution in [0.5, 0.6) is 0 Å². The second kappa shape index (κ2) is 5.70. The zero-order chi connectivity index (χ0) is 13.1. The summed E-state index contributed by atoms with van der Waals surface area (Å²) in [5, 5.41) is 1.66. The Balaban J connectivity index is 2.23. The molecule has 1 heteroatoms. The first-order valence-electron chi connectivity index (χ1n) is 7.09. The smallest absolute Gasteiger partial charge is 0.0341 e. The van der Waals surface area contributed by atoms with Gasteiger partial charge in [0.1, 0.15) is 0 Å². The highest BCUT2D eigenvalue weighted by atomic mass is 28.1. The third-order valence-electron chi connectivity index (χ3n) is 4.03. The van der Waals surface area contributed by atoms with E-state index in [4.69, 9.17) is 0 Å². The summed E-state index contributed by atoms with van der Waals surface area (Å²) in [5.74, 6) is 0. The maximum atomic E-state index is 2.31. The average molecular weight is 256 g/mol. The number of benzene rings is 1. The summed E-state index contributed by atoms with van der Waals surface area (Å²) >= 11 is 0. The zero-order valence-electron chi connectivity index (χ0n) is 12.1. The molecule has 18 heavy (non-hydrogen) atoms. The maximum Gasteiger partial charge on any atom is 0.0341 e. The summed E-state index contributed by atoms with van der Waals surface area (Å²) in [6.07, 6.45) is 5.00. The van der Waals surface area contributed by atoms with Crippen molar-refractivity contribution in [2.45, 2.75) is 46.5 Å². The van der Waals surface area contributed by atoms with Crippen LogP contribution in [0.15, 0.2) is 40.6 Å². The van der Waals surface area contributed by atoms with Crippen molar-refractivity contribution in [3.05, 3.63) is 51.7 Å². The van der Waals surface area contributed by atoms with Gasteiger partial charge in [0.15, 0.2) is 0 Å². The van der Waals surface area contributed by atoms with Crippen LogP contribution in [-0.2, 0) is 6.42 Å². The lowest BCUT2D eigenvalue weighted by Gasteiger charge is -2.09. The minimum Gasteiger partial charge on any atom is -0.0843 e. The fraction of sp³-hybridized carbons (Fsp3) is 0.412. The summed E-state index contributed by atoms with van der Waals surface area (Å²) in [5.41, 5.74) is 7.50. The van der Waals surface area contributed by atoms with Crippen LogP contribution in [0.1, 0.15) is 51.2 Å². The van der Waals surface area contributed by atoms with Crippen molar-refractivity contribution < 1.29 is 0 Å². The topological polar surface area (TPSA) is 0 Å². The summed E-state index contributed by atoms with van der Waals surface area (Å²) in [6, 6.07) is 9.24.